The second-order valence-corrected chi connectivity index (χ2v) is 5.30. The second-order valence-electron chi connectivity index (χ2n) is 3.02. The van der Waals surface area contributed by atoms with E-state index in [9.17, 15) is 0 Å². The molecule has 3 nitrogen and oxygen atoms in total. The zero-order valence-electron chi connectivity index (χ0n) is 7.71. The number of anilines is 1. The molecule has 0 spiro atoms. The maximum absolute atomic E-state index is 6.00. The number of nitrogens with zero attached hydrogens (tertiary/aromatic N) is 3. The lowest BCUT2D eigenvalue weighted by molar-refractivity contribution is 0.850. The molecule has 1 aliphatic rings. The van der Waals surface area contributed by atoms with Crippen LogP contribution in [0.5, 0.6) is 0 Å². The topological polar surface area (TPSA) is 29.0 Å². The average Bonchev–Trinajstić information content (AvgIpc) is 2.17. The standard InChI is InChI=1S/C8H8Cl3N3S/c9-6-5(7(10)13-8(11)12-6)14-1-3-15-4-2-14/h1-4H2. The van der Waals surface area contributed by atoms with E-state index in [0.717, 1.165) is 24.6 Å². The summed E-state index contributed by atoms with van der Waals surface area (Å²) in [5.41, 5.74) is 0.697. The minimum Gasteiger partial charge on any atom is -0.365 e. The van der Waals surface area contributed by atoms with E-state index in [0.29, 0.717) is 16.0 Å². The summed E-state index contributed by atoms with van der Waals surface area (Å²) < 4.78 is 0. The van der Waals surface area contributed by atoms with Crippen LogP contribution >= 0.6 is 46.6 Å². The highest BCUT2D eigenvalue weighted by atomic mass is 35.5. The van der Waals surface area contributed by atoms with Crippen molar-refractivity contribution in [3.63, 3.8) is 0 Å². The highest BCUT2D eigenvalue weighted by Crippen LogP contribution is 2.33. The van der Waals surface area contributed by atoms with Crippen LogP contribution in [-0.4, -0.2) is 34.6 Å². The summed E-state index contributed by atoms with van der Waals surface area (Å²) in [6.45, 7) is 1.82. The molecule has 0 saturated carbocycles. The van der Waals surface area contributed by atoms with Crippen LogP contribution in [0.4, 0.5) is 5.69 Å². The molecule has 82 valence electrons. The van der Waals surface area contributed by atoms with Gasteiger partial charge in [-0.2, -0.15) is 11.8 Å². The third kappa shape index (κ3) is 2.61. The van der Waals surface area contributed by atoms with Crippen LogP contribution in [0.1, 0.15) is 0 Å². The van der Waals surface area contributed by atoms with Crippen molar-refractivity contribution >= 4 is 52.3 Å². The molecule has 1 aromatic heterocycles. The Bertz CT molecular complexity index is 345. The molecular weight excluding hydrogens is 277 g/mol. The maximum atomic E-state index is 6.00. The summed E-state index contributed by atoms with van der Waals surface area (Å²) in [6, 6.07) is 0. The predicted molar refractivity (Wildman–Crippen MR) is 66.6 cm³/mol. The fourth-order valence-electron chi connectivity index (χ4n) is 1.43. The van der Waals surface area contributed by atoms with Gasteiger partial charge < -0.3 is 4.90 Å². The third-order valence-electron chi connectivity index (χ3n) is 2.10. The molecule has 2 rings (SSSR count). The van der Waals surface area contributed by atoms with E-state index in [1.165, 1.54) is 0 Å². The average molecular weight is 285 g/mol. The Morgan fingerprint density at radius 1 is 1.00 bits per heavy atom. The first-order chi connectivity index (χ1) is 7.18. The first-order valence-electron chi connectivity index (χ1n) is 4.39. The van der Waals surface area contributed by atoms with Gasteiger partial charge >= 0.3 is 0 Å². The molecule has 1 aromatic rings. The van der Waals surface area contributed by atoms with Gasteiger partial charge in [-0.25, -0.2) is 9.97 Å². The van der Waals surface area contributed by atoms with E-state index < -0.39 is 0 Å². The molecule has 2 heterocycles. The fraction of sp³-hybridized carbons (Fsp3) is 0.500. The Labute approximate surface area is 107 Å². The Balaban J connectivity index is 2.33. The van der Waals surface area contributed by atoms with Gasteiger partial charge in [0.05, 0.1) is 0 Å². The number of halogens is 3. The molecule has 0 N–H and O–H groups in total. The first kappa shape index (κ1) is 11.6. The zero-order chi connectivity index (χ0) is 10.8. The normalized spacial score (nSPS) is 16.9. The van der Waals surface area contributed by atoms with Crippen LogP contribution in [0.15, 0.2) is 0 Å². The SMILES string of the molecule is Clc1nc(Cl)c(N2CCSCC2)c(Cl)n1. The zero-order valence-corrected chi connectivity index (χ0v) is 10.8. The third-order valence-corrected chi connectivity index (χ3v) is 3.74. The van der Waals surface area contributed by atoms with Gasteiger partial charge in [0.15, 0.2) is 10.3 Å². The highest BCUT2D eigenvalue weighted by molar-refractivity contribution is 7.99. The Kier molecular flexibility index (Phi) is 3.83. The molecule has 0 radical (unpaired) electrons. The van der Waals surface area contributed by atoms with Crippen molar-refractivity contribution in [2.24, 2.45) is 0 Å². The summed E-state index contributed by atoms with van der Waals surface area (Å²) in [5, 5.41) is 0.735. The van der Waals surface area contributed by atoms with Crippen LogP contribution in [0.2, 0.25) is 15.6 Å². The quantitative estimate of drug-likeness (QED) is 0.586. The van der Waals surface area contributed by atoms with Gasteiger partial charge in [-0.3, -0.25) is 0 Å². The van der Waals surface area contributed by atoms with Crippen LogP contribution < -0.4 is 4.90 Å². The monoisotopic (exact) mass is 283 g/mol. The van der Waals surface area contributed by atoms with E-state index >= 15 is 0 Å². The van der Waals surface area contributed by atoms with Crippen molar-refractivity contribution in [2.75, 3.05) is 29.5 Å². The van der Waals surface area contributed by atoms with E-state index in [-0.39, 0.29) is 5.28 Å². The van der Waals surface area contributed by atoms with Gasteiger partial charge in [0.25, 0.3) is 0 Å². The van der Waals surface area contributed by atoms with Crippen molar-refractivity contribution in [2.45, 2.75) is 0 Å². The molecular formula is C8H8Cl3N3S. The Morgan fingerprint density at radius 2 is 1.53 bits per heavy atom. The van der Waals surface area contributed by atoms with E-state index in [2.05, 4.69) is 14.9 Å². The lowest BCUT2D eigenvalue weighted by Crippen LogP contribution is -2.33. The van der Waals surface area contributed by atoms with Crippen molar-refractivity contribution in [1.29, 1.82) is 0 Å². The summed E-state index contributed by atoms with van der Waals surface area (Å²) in [7, 11) is 0. The summed E-state index contributed by atoms with van der Waals surface area (Å²) in [5.74, 6) is 2.13. The van der Waals surface area contributed by atoms with Gasteiger partial charge in [0, 0.05) is 24.6 Å². The molecule has 1 fully saturated rings. The lowest BCUT2D eigenvalue weighted by atomic mass is 10.4. The van der Waals surface area contributed by atoms with Crippen molar-refractivity contribution in [1.82, 2.24) is 9.97 Å². The van der Waals surface area contributed by atoms with Gasteiger partial charge in [0.1, 0.15) is 5.69 Å². The molecule has 7 heteroatoms. The van der Waals surface area contributed by atoms with Gasteiger partial charge in [-0.15, -0.1) is 0 Å². The summed E-state index contributed by atoms with van der Waals surface area (Å²) >= 11 is 19.6. The van der Waals surface area contributed by atoms with Crippen molar-refractivity contribution in [3.8, 4) is 0 Å². The maximum Gasteiger partial charge on any atom is 0.225 e. The molecule has 0 atom stereocenters. The van der Waals surface area contributed by atoms with Crippen molar-refractivity contribution in [3.05, 3.63) is 15.6 Å². The molecule has 1 aliphatic heterocycles. The number of hydrogen-bond donors (Lipinski definition) is 0. The second kappa shape index (κ2) is 4.95. The minimum atomic E-state index is 0.0835. The van der Waals surface area contributed by atoms with Gasteiger partial charge in [-0.1, -0.05) is 23.2 Å². The number of aromatic nitrogens is 2. The van der Waals surface area contributed by atoms with Crippen LogP contribution in [-0.2, 0) is 0 Å². The van der Waals surface area contributed by atoms with E-state index in [1.54, 1.807) is 0 Å². The fourth-order valence-corrected chi connectivity index (χ4v) is 3.21. The predicted octanol–water partition coefficient (Wildman–Crippen LogP) is 2.99. The first-order valence-corrected chi connectivity index (χ1v) is 6.68. The van der Waals surface area contributed by atoms with Gasteiger partial charge in [0.2, 0.25) is 5.28 Å². The van der Waals surface area contributed by atoms with E-state index in [4.69, 9.17) is 34.8 Å². The molecule has 0 bridgehead atoms. The number of hydrogen-bond acceptors (Lipinski definition) is 4. The lowest BCUT2D eigenvalue weighted by Gasteiger charge is -2.29. The Morgan fingerprint density at radius 3 is 2.07 bits per heavy atom. The van der Waals surface area contributed by atoms with Crippen molar-refractivity contribution < 1.29 is 0 Å². The molecule has 0 unspecified atom stereocenters. The van der Waals surface area contributed by atoms with E-state index in [1.807, 2.05) is 11.8 Å². The molecule has 0 aromatic carbocycles. The molecule has 15 heavy (non-hydrogen) atoms. The smallest absolute Gasteiger partial charge is 0.225 e. The highest BCUT2D eigenvalue weighted by Gasteiger charge is 2.19. The summed E-state index contributed by atoms with van der Waals surface area (Å²) in [6.07, 6.45) is 0. The Hall–Kier alpha value is 0.1000. The number of rotatable bonds is 1. The molecule has 1 saturated heterocycles. The van der Waals surface area contributed by atoms with Crippen LogP contribution in [0.3, 0.4) is 0 Å². The molecule has 0 amide bonds. The van der Waals surface area contributed by atoms with Crippen LogP contribution in [0, 0.1) is 0 Å². The van der Waals surface area contributed by atoms with Gasteiger partial charge in [-0.05, 0) is 11.6 Å². The van der Waals surface area contributed by atoms with Crippen LogP contribution in [0.25, 0.3) is 0 Å². The molecule has 0 aliphatic carbocycles. The largest absolute Gasteiger partial charge is 0.365 e. The number of thioether (sulfide) groups is 1. The summed E-state index contributed by atoms with van der Waals surface area (Å²) in [4.78, 5) is 9.89. The minimum absolute atomic E-state index is 0.0835.